The van der Waals surface area contributed by atoms with Crippen molar-refractivity contribution in [3.63, 3.8) is 0 Å². The maximum absolute atomic E-state index is 14.3. The number of hydrogen-bond donors (Lipinski definition) is 1. The van der Waals surface area contributed by atoms with Crippen LogP contribution < -0.4 is 5.48 Å². The number of hydrogen-bond acceptors (Lipinski definition) is 3. The third-order valence-electron chi connectivity index (χ3n) is 5.16. The Balaban J connectivity index is 1.49. The monoisotopic (exact) mass is 349 g/mol. The van der Waals surface area contributed by atoms with Gasteiger partial charge in [0.2, 0.25) is 0 Å². The highest BCUT2D eigenvalue weighted by atomic mass is 19.2. The molecule has 1 saturated heterocycles. The van der Waals surface area contributed by atoms with Gasteiger partial charge >= 0.3 is 0 Å². The van der Waals surface area contributed by atoms with E-state index in [9.17, 15) is 13.2 Å². The number of halogens is 3. The van der Waals surface area contributed by atoms with Gasteiger partial charge in [-0.25, -0.2) is 13.2 Å². The maximum atomic E-state index is 14.3. The van der Waals surface area contributed by atoms with Crippen molar-refractivity contribution < 1.29 is 22.7 Å². The summed E-state index contributed by atoms with van der Waals surface area (Å²) < 4.78 is 46.5. The Kier molecular flexibility index (Phi) is 4.27. The molecule has 1 aliphatic carbocycles. The zero-order valence-corrected chi connectivity index (χ0v) is 13.5. The molecule has 1 N–H and O–H groups in total. The largest absolute Gasteiger partial charge is 0.373 e. The van der Waals surface area contributed by atoms with E-state index in [-0.39, 0.29) is 24.4 Å². The fraction of sp³-hybridized carbons (Fsp3) is 0.368. The maximum Gasteiger partial charge on any atom is 0.159 e. The molecule has 1 aliphatic heterocycles. The average molecular weight is 349 g/mol. The number of rotatable bonds is 4. The molecule has 0 radical (unpaired) electrons. The topological polar surface area (TPSA) is 30.5 Å². The fourth-order valence-corrected chi connectivity index (χ4v) is 3.91. The lowest BCUT2D eigenvalue weighted by atomic mass is 9.82. The molecule has 2 aromatic carbocycles. The van der Waals surface area contributed by atoms with Crippen LogP contribution in [0.25, 0.3) is 0 Å². The van der Waals surface area contributed by atoms with Crippen LogP contribution in [0, 0.1) is 23.4 Å². The molecule has 0 unspecified atom stereocenters. The summed E-state index contributed by atoms with van der Waals surface area (Å²) in [6.07, 6.45) is 1.15. The second kappa shape index (κ2) is 6.44. The van der Waals surface area contributed by atoms with Crippen LogP contribution >= 0.6 is 0 Å². The zero-order chi connectivity index (χ0) is 17.4. The van der Waals surface area contributed by atoms with Gasteiger partial charge in [-0.05, 0) is 36.6 Å². The van der Waals surface area contributed by atoms with E-state index in [1.807, 2.05) is 0 Å². The van der Waals surface area contributed by atoms with E-state index in [4.69, 9.17) is 9.57 Å². The van der Waals surface area contributed by atoms with Crippen molar-refractivity contribution in [3.8, 4) is 0 Å². The van der Waals surface area contributed by atoms with Gasteiger partial charge in [-0.15, -0.1) is 0 Å². The van der Waals surface area contributed by atoms with Crippen LogP contribution in [0.3, 0.4) is 0 Å². The summed E-state index contributed by atoms with van der Waals surface area (Å²) in [6, 6.07) is 10.4. The number of hydroxylamine groups is 1. The summed E-state index contributed by atoms with van der Waals surface area (Å²) in [5, 5.41) is 0. The molecule has 2 aromatic rings. The van der Waals surface area contributed by atoms with E-state index in [2.05, 4.69) is 5.48 Å². The quantitative estimate of drug-likeness (QED) is 0.910. The second-order valence-corrected chi connectivity index (χ2v) is 6.68. The number of ether oxygens (including phenoxy) is 1. The van der Waals surface area contributed by atoms with Gasteiger partial charge in [0.15, 0.2) is 11.6 Å². The summed E-state index contributed by atoms with van der Waals surface area (Å²) in [5.74, 6) is -1.94. The van der Waals surface area contributed by atoms with Crippen molar-refractivity contribution in [3.05, 3.63) is 71.0 Å². The average Bonchev–Trinajstić information content (AvgIpc) is 3.14. The Morgan fingerprint density at radius 2 is 1.92 bits per heavy atom. The van der Waals surface area contributed by atoms with Gasteiger partial charge in [0.25, 0.3) is 0 Å². The molecule has 4 rings (SSSR count). The second-order valence-electron chi connectivity index (χ2n) is 6.68. The van der Waals surface area contributed by atoms with Crippen LogP contribution in [0.2, 0.25) is 0 Å². The summed E-state index contributed by atoms with van der Waals surface area (Å²) in [7, 11) is 0. The van der Waals surface area contributed by atoms with E-state index >= 15 is 0 Å². The minimum absolute atomic E-state index is 0.0966. The van der Waals surface area contributed by atoms with Gasteiger partial charge in [0.1, 0.15) is 5.82 Å². The molecule has 6 heteroatoms. The molecule has 1 saturated carbocycles. The van der Waals surface area contributed by atoms with Crippen molar-refractivity contribution in [1.82, 2.24) is 5.48 Å². The van der Waals surface area contributed by atoms with Gasteiger partial charge in [-0.2, -0.15) is 5.48 Å². The molecular weight excluding hydrogens is 331 g/mol. The van der Waals surface area contributed by atoms with Crippen LogP contribution in [0.1, 0.15) is 24.0 Å². The highest BCUT2D eigenvalue weighted by molar-refractivity contribution is 5.30. The lowest BCUT2D eigenvalue weighted by Crippen LogP contribution is -2.39. The molecule has 0 spiro atoms. The van der Waals surface area contributed by atoms with Gasteiger partial charge < -0.3 is 9.57 Å². The van der Waals surface area contributed by atoms with Gasteiger partial charge in [0.05, 0.1) is 24.9 Å². The summed E-state index contributed by atoms with van der Waals surface area (Å²) in [5.41, 5.74) is 3.55. The molecule has 132 valence electrons. The van der Waals surface area contributed by atoms with E-state index in [1.54, 1.807) is 18.2 Å². The van der Waals surface area contributed by atoms with E-state index in [1.165, 1.54) is 12.1 Å². The molecule has 0 amide bonds. The Morgan fingerprint density at radius 1 is 1.08 bits per heavy atom. The van der Waals surface area contributed by atoms with Gasteiger partial charge in [-0.1, -0.05) is 24.3 Å². The summed E-state index contributed by atoms with van der Waals surface area (Å²) in [6.45, 7) is 0.669. The predicted octanol–water partition coefficient (Wildman–Crippen LogP) is 3.83. The minimum Gasteiger partial charge on any atom is -0.373 e. The van der Waals surface area contributed by atoms with Crippen molar-refractivity contribution in [2.24, 2.45) is 5.92 Å². The molecular formula is C19H18F3NO2. The highest BCUT2D eigenvalue weighted by Crippen LogP contribution is 2.48. The van der Waals surface area contributed by atoms with Crippen molar-refractivity contribution >= 4 is 0 Å². The van der Waals surface area contributed by atoms with Crippen molar-refractivity contribution in [2.45, 2.75) is 31.1 Å². The molecule has 25 heavy (non-hydrogen) atoms. The normalized spacial score (nSPS) is 28.3. The minimum atomic E-state index is -0.887. The standard InChI is InChI=1S/C19H18F3NO2/c20-16-4-2-1-3-15(16)19-9-14(8-13(19)11-25-23-19)24-10-12-5-6-17(21)18(22)7-12/h1-7,13-14,23H,8-11H2/t13-,14-,19-/m0/s1. The Hall–Kier alpha value is -1.89. The van der Waals surface area contributed by atoms with Gasteiger partial charge in [-0.3, -0.25) is 0 Å². The lowest BCUT2D eigenvalue weighted by Gasteiger charge is -2.28. The number of benzene rings is 2. The van der Waals surface area contributed by atoms with Gasteiger partial charge in [0, 0.05) is 11.5 Å². The summed E-state index contributed by atoms with van der Waals surface area (Å²) >= 11 is 0. The Bertz CT molecular complexity index is 785. The van der Waals surface area contributed by atoms with E-state index in [0.29, 0.717) is 30.6 Å². The highest BCUT2D eigenvalue weighted by Gasteiger charge is 2.54. The third-order valence-corrected chi connectivity index (χ3v) is 5.16. The van der Waals surface area contributed by atoms with Crippen molar-refractivity contribution in [2.75, 3.05) is 6.61 Å². The van der Waals surface area contributed by atoms with E-state index in [0.717, 1.165) is 12.1 Å². The smallest absolute Gasteiger partial charge is 0.159 e. The third kappa shape index (κ3) is 2.94. The first-order valence-corrected chi connectivity index (χ1v) is 8.28. The van der Waals surface area contributed by atoms with Crippen LogP contribution in [-0.4, -0.2) is 12.7 Å². The fourth-order valence-electron chi connectivity index (χ4n) is 3.91. The molecule has 3 atom stereocenters. The first-order valence-electron chi connectivity index (χ1n) is 8.28. The van der Waals surface area contributed by atoms with Crippen LogP contribution in [0.5, 0.6) is 0 Å². The van der Waals surface area contributed by atoms with Crippen LogP contribution in [0.15, 0.2) is 42.5 Å². The Morgan fingerprint density at radius 3 is 2.72 bits per heavy atom. The first-order chi connectivity index (χ1) is 12.1. The summed E-state index contributed by atoms with van der Waals surface area (Å²) in [4.78, 5) is 5.40. The van der Waals surface area contributed by atoms with Crippen LogP contribution in [0.4, 0.5) is 13.2 Å². The number of fused-ring (bicyclic) bond motifs is 1. The van der Waals surface area contributed by atoms with E-state index < -0.39 is 17.2 Å². The lowest BCUT2D eigenvalue weighted by molar-refractivity contribution is 0.00369. The molecule has 3 nitrogen and oxygen atoms in total. The number of nitrogens with one attached hydrogen (secondary N) is 1. The zero-order valence-electron chi connectivity index (χ0n) is 13.5. The Labute approximate surface area is 143 Å². The first kappa shape index (κ1) is 16.6. The molecule has 0 bridgehead atoms. The van der Waals surface area contributed by atoms with Crippen LogP contribution in [-0.2, 0) is 21.7 Å². The molecule has 0 aromatic heterocycles. The predicted molar refractivity (Wildman–Crippen MR) is 84.8 cm³/mol. The van der Waals surface area contributed by atoms with Crippen molar-refractivity contribution in [1.29, 1.82) is 0 Å². The molecule has 1 heterocycles. The molecule has 2 fully saturated rings. The SMILES string of the molecule is Fc1ccc(CO[C@H]2C[C@H]3CON[C@@]3(c3ccccc3F)C2)cc1F. The molecule has 2 aliphatic rings.